The standard InChI is InChI=1S/C13H19N3O3/c17-11(14-6-2-1-3-7-14)8-16-12(18)9-15(13(16)19)10-4-5-10/h10H,1-9H2. The van der Waals surface area contributed by atoms with Crippen LogP contribution < -0.4 is 0 Å². The summed E-state index contributed by atoms with van der Waals surface area (Å²) in [6.07, 6.45) is 5.14. The third-order valence-electron chi connectivity index (χ3n) is 4.07. The number of carbonyl (C=O) groups is 3. The Bertz CT molecular complexity index is 413. The van der Waals surface area contributed by atoms with Gasteiger partial charge in [-0.25, -0.2) is 4.79 Å². The van der Waals surface area contributed by atoms with E-state index in [0.717, 1.165) is 50.1 Å². The van der Waals surface area contributed by atoms with Crippen LogP contribution >= 0.6 is 0 Å². The van der Waals surface area contributed by atoms with E-state index in [9.17, 15) is 14.4 Å². The van der Waals surface area contributed by atoms with Crippen LogP contribution in [0.1, 0.15) is 32.1 Å². The van der Waals surface area contributed by atoms with E-state index in [-0.39, 0.29) is 37.0 Å². The lowest BCUT2D eigenvalue weighted by Crippen LogP contribution is -2.45. The molecule has 0 unspecified atom stereocenters. The molecule has 0 aromatic rings. The second kappa shape index (κ2) is 4.83. The molecule has 0 aromatic heterocycles. The van der Waals surface area contributed by atoms with E-state index in [1.165, 1.54) is 0 Å². The molecule has 3 fully saturated rings. The lowest BCUT2D eigenvalue weighted by Gasteiger charge is -2.28. The highest BCUT2D eigenvalue weighted by Gasteiger charge is 2.44. The van der Waals surface area contributed by atoms with Crippen molar-refractivity contribution < 1.29 is 14.4 Å². The summed E-state index contributed by atoms with van der Waals surface area (Å²) in [4.78, 5) is 40.5. The van der Waals surface area contributed by atoms with Crippen molar-refractivity contribution in [2.75, 3.05) is 26.2 Å². The molecule has 0 N–H and O–H groups in total. The van der Waals surface area contributed by atoms with Crippen LogP contribution in [0.5, 0.6) is 0 Å². The van der Waals surface area contributed by atoms with Crippen LogP contribution in [0.3, 0.4) is 0 Å². The molecule has 2 aliphatic heterocycles. The average Bonchev–Trinajstić information content (AvgIpc) is 3.22. The Hall–Kier alpha value is -1.59. The third-order valence-corrected chi connectivity index (χ3v) is 4.07. The number of urea groups is 1. The summed E-state index contributed by atoms with van der Waals surface area (Å²) in [5.41, 5.74) is 0. The molecule has 0 aromatic carbocycles. The van der Waals surface area contributed by atoms with Gasteiger partial charge in [-0.3, -0.25) is 14.5 Å². The third kappa shape index (κ3) is 2.43. The highest BCUT2D eigenvalue weighted by molar-refractivity contribution is 6.04. The first-order valence-corrected chi connectivity index (χ1v) is 7.05. The predicted octanol–water partition coefficient (Wildman–Crippen LogP) is 0.425. The summed E-state index contributed by atoms with van der Waals surface area (Å²) in [6.45, 7) is 1.57. The monoisotopic (exact) mass is 265 g/mol. The second-order valence-corrected chi connectivity index (χ2v) is 5.56. The van der Waals surface area contributed by atoms with Crippen LogP contribution in [0.25, 0.3) is 0 Å². The molecule has 1 saturated carbocycles. The molecule has 0 atom stereocenters. The van der Waals surface area contributed by atoms with Gasteiger partial charge in [0.15, 0.2) is 0 Å². The fourth-order valence-electron chi connectivity index (χ4n) is 2.77. The number of nitrogens with zero attached hydrogens (tertiary/aromatic N) is 3. The maximum absolute atomic E-state index is 12.1. The van der Waals surface area contributed by atoms with Gasteiger partial charge in [-0.2, -0.15) is 0 Å². The molecule has 104 valence electrons. The quantitative estimate of drug-likeness (QED) is 0.695. The molecule has 4 amide bonds. The Labute approximate surface area is 112 Å². The smallest absolute Gasteiger partial charge is 0.327 e. The number of carbonyl (C=O) groups excluding carboxylic acids is 3. The minimum absolute atomic E-state index is 0.0825. The van der Waals surface area contributed by atoms with Gasteiger partial charge in [0, 0.05) is 19.1 Å². The minimum Gasteiger partial charge on any atom is -0.341 e. The molecule has 0 spiro atoms. The summed E-state index contributed by atoms with van der Waals surface area (Å²) < 4.78 is 0. The molecule has 19 heavy (non-hydrogen) atoms. The Balaban J connectivity index is 1.60. The van der Waals surface area contributed by atoms with Gasteiger partial charge in [0.25, 0.3) is 5.91 Å². The van der Waals surface area contributed by atoms with Gasteiger partial charge in [-0.05, 0) is 32.1 Å². The zero-order valence-electron chi connectivity index (χ0n) is 11.0. The van der Waals surface area contributed by atoms with Crippen molar-refractivity contribution in [3.05, 3.63) is 0 Å². The molecule has 1 aliphatic carbocycles. The Morgan fingerprint density at radius 1 is 1.11 bits per heavy atom. The Morgan fingerprint density at radius 3 is 2.42 bits per heavy atom. The molecule has 2 saturated heterocycles. The van der Waals surface area contributed by atoms with Crippen LogP contribution in [0, 0.1) is 0 Å². The fourth-order valence-corrected chi connectivity index (χ4v) is 2.77. The zero-order chi connectivity index (χ0) is 13.4. The maximum Gasteiger partial charge on any atom is 0.327 e. The summed E-state index contributed by atoms with van der Waals surface area (Å²) in [7, 11) is 0. The van der Waals surface area contributed by atoms with Gasteiger partial charge in [-0.1, -0.05) is 0 Å². The highest BCUT2D eigenvalue weighted by Crippen LogP contribution is 2.30. The molecular formula is C13H19N3O3. The summed E-state index contributed by atoms with van der Waals surface area (Å²) >= 11 is 0. The lowest BCUT2D eigenvalue weighted by molar-refractivity contribution is -0.137. The van der Waals surface area contributed by atoms with Crippen molar-refractivity contribution in [1.82, 2.24) is 14.7 Å². The van der Waals surface area contributed by atoms with Crippen molar-refractivity contribution in [3.8, 4) is 0 Å². The number of hydrogen-bond donors (Lipinski definition) is 0. The normalized spacial score (nSPS) is 24.3. The van der Waals surface area contributed by atoms with Crippen molar-refractivity contribution in [2.24, 2.45) is 0 Å². The van der Waals surface area contributed by atoms with Crippen LogP contribution in [-0.4, -0.2) is 64.8 Å². The van der Waals surface area contributed by atoms with Crippen LogP contribution in [0.15, 0.2) is 0 Å². The predicted molar refractivity (Wildman–Crippen MR) is 67.3 cm³/mol. The molecule has 2 heterocycles. The molecule has 0 bridgehead atoms. The lowest BCUT2D eigenvalue weighted by atomic mass is 10.1. The molecule has 6 nitrogen and oxygen atoms in total. The highest BCUT2D eigenvalue weighted by atomic mass is 16.2. The van der Waals surface area contributed by atoms with E-state index >= 15 is 0 Å². The van der Waals surface area contributed by atoms with E-state index in [0.29, 0.717) is 0 Å². The zero-order valence-corrected chi connectivity index (χ0v) is 11.0. The van der Waals surface area contributed by atoms with Gasteiger partial charge in [-0.15, -0.1) is 0 Å². The number of imide groups is 1. The summed E-state index contributed by atoms with van der Waals surface area (Å²) in [5.74, 6) is -0.332. The summed E-state index contributed by atoms with van der Waals surface area (Å²) in [6, 6.07) is -0.0515. The van der Waals surface area contributed by atoms with Gasteiger partial charge in [0.2, 0.25) is 5.91 Å². The largest absolute Gasteiger partial charge is 0.341 e. The van der Waals surface area contributed by atoms with Crippen LogP contribution in [0.4, 0.5) is 4.79 Å². The van der Waals surface area contributed by atoms with Gasteiger partial charge in [0.05, 0.1) is 0 Å². The van der Waals surface area contributed by atoms with Gasteiger partial charge >= 0.3 is 6.03 Å². The molecule has 3 rings (SSSR count). The first-order valence-electron chi connectivity index (χ1n) is 7.05. The maximum atomic E-state index is 12.1. The minimum atomic E-state index is -0.280. The second-order valence-electron chi connectivity index (χ2n) is 5.56. The first kappa shape index (κ1) is 12.4. The Kier molecular flexibility index (Phi) is 3.16. The van der Waals surface area contributed by atoms with E-state index in [1.807, 2.05) is 0 Å². The van der Waals surface area contributed by atoms with Gasteiger partial charge in [0.1, 0.15) is 13.1 Å². The molecule has 0 radical (unpaired) electrons. The topological polar surface area (TPSA) is 60.9 Å². The van der Waals surface area contributed by atoms with E-state index in [2.05, 4.69) is 0 Å². The number of hydrogen-bond acceptors (Lipinski definition) is 3. The SMILES string of the molecule is O=C(CN1C(=O)CN(C2CC2)C1=O)N1CCCCC1. The number of rotatable bonds is 3. The van der Waals surface area contributed by atoms with Crippen molar-refractivity contribution in [1.29, 1.82) is 0 Å². The molecule has 6 heteroatoms. The van der Waals surface area contributed by atoms with Crippen molar-refractivity contribution in [3.63, 3.8) is 0 Å². The van der Waals surface area contributed by atoms with Crippen LogP contribution in [-0.2, 0) is 9.59 Å². The fraction of sp³-hybridized carbons (Fsp3) is 0.769. The number of likely N-dealkylation sites (tertiary alicyclic amines) is 1. The first-order chi connectivity index (χ1) is 9.16. The van der Waals surface area contributed by atoms with E-state index < -0.39 is 0 Å². The molecular weight excluding hydrogens is 246 g/mol. The Morgan fingerprint density at radius 2 is 1.79 bits per heavy atom. The van der Waals surface area contributed by atoms with Crippen molar-refractivity contribution in [2.45, 2.75) is 38.1 Å². The number of piperidine rings is 1. The van der Waals surface area contributed by atoms with E-state index in [1.54, 1.807) is 9.80 Å². The van der Waals surface area contributed by atoms with Gasteiger partial charge < -0.3 is 9.80 Å². The van der Waals surface area contributed by atoms with E-state index in [4.69, 9.17) is 0 Å². The molecule has 3 aliphatic rings. The summed E-state index contributed by atoms with van der Waals surface area (Å²) in [5, 5.41) is 0. The van der Waals surface area contributed by atoms with Crippen molar-refractivity contribution >= 4 is 17.8 Å². The van der Waals surface area contributed by atoms with Crippen LogP contribution in [0.2, 0.25) is 0 Å². The number of amides is 4. The average molecular weight is 265 g/mol.